The molecule has 0 fully saturated rings. The molecule has 0 saturated heterocycles. The van der Waals surface area contributed by atoms with Gasteiger partial charge in [-0.2, -0.15) is 0 Å². The Balaban J connectivity index is 2.53. The first kappa shape index (κ1) is 15.3. The van der Waals surface area contributed by atoms with Crippen LogP contribution in [0.5, 0.6) is 0 Å². The maximum Gasteiger partial charge on any atom is 0.0769 e. The maximum atomic E-state index is 6.33. The van der Waals surface area contributed by atoms with Crippen molar-refractivity contribution < 1.29 is 0 Å². The largest absolute Gasteiger partial charge is 0.305 e. The van der Waals surface area contributed by atoms with Crippen molar-refractivity contribution >= 4 is 23.2 Å². The third kappa shape index (κ3) is 3.32. The first-order valence-electron chi connectivity index (χ1n) is 6.64. The Morgan fingerprint density at radius 3 is 2.60 bits per heavy atom. The van der Waals surface area contributed by atoms with Crippen LogP contribution in [0.3, 0.4) is 0 Å². The van der Waals surface area contributed by atoms with Gasteiger partial charge in [-0.3, -0.25) is 4.98 Å². The van der Waals surface area contributed by atoms with E-state index in [0.717, 1.165) is 28.9 Å². The van der Waals surface area contributed by atoms with Gasteiger partial charge in [0.2, 0.25) is 0 Å². The lowest BCUT2D eigenvalue weighted by Gasteiger charge is -2.21. The van der Waals surface area contributed by atoms with E-state index in [1.165, 1.54) is 0 Å². The van der Waals surface area contributed by atoms with E-state index < -0.39 is 0 Å². The second kappa shape index (κ2) is 6.57. The standard InChI is InChI=1S/C16H18Cl2N2/c1-4-19-16(13-8-12(17)5-6-14(13)18)15-11(3)7-10(2)9-20-15/h5-9,16,19H,4H2,1-3H3. The van der Waals surface area contributed by atoms with E-state index in [4.69, 9.17) is 23.2 Å². The van der Waals surface area contributed by atoms with E-state index >= 15 is 0 Å². The zero-order chi connectivity index (χ0) is 14.7. The SMILES string of the molecule is CCNC(c1cc(Cl)ccc1Cl)c1ncc(C)cc1C. The van der Waals surface area contributed by atoms with Crippen molar-refractivity contribution in [1.29, 1.82) is 0 Å². The molecule has 2 nitrogen and oxygen atoms in total. The fourth-order valence-electron chi connectivity index (χ4n) is 2.32. The summed E-state index contributed by atoms with van der Waals surface area (Å²) >= 11 is 12.4. The Morgan fingerprint density at radius 2 is 1.95 bits per heavy atom. The number of halogens is 2. The van der Waals surface area contributed by atoms with Gasteiger partial charge in [-0.05, 0) is 55.3 Å². The molecule has 1 atom stereocenters. The van der Waals surface area contributed by atoms with E-state index in [1.807, 2.05) is 25.3 Å². The molecule has 0 spiro atoms. The number of hydrogen-bond donors (Lipinski definition) is 1. The van der Waals surface area contributed by atoms with Crippen LogP contribution in [0.4, 0.5) is 0 Å². The molecule has 0 aliphatic heterocycles. The first-order valence-corrected chi connectivity index (χ1v) is 7.40. The van der Waals surface area contributed by atoms with E-state index in [2.05, 4.69) is 30.2 Å². The Kier molecular flexibility index (Phi) is 5.03. The van der Waals surface area contributed by atoms with E-state index in [1.54, 1.807) is 6.07 Å². The average molecular weight is 309 g/mol. The molecule has 1 unspecified atom stereocenters. The monoisotopic (exact) mass is 308 g/mol. The number of hydrogen-bond acceptors (Lipinski definition) is 2. The van der Waals surface area contributed by atoms with Crippen molar-refractivity contribution in [1.82, 2.24) is 10.3 Å². The molecule has 0 aliphatic carbocycles. The summed E-state index contributed by atoms with van der Waals surface area (Å²) in [5.74, 6) is 0. The van der Waals surface area contributed by atoms with E-state index in [-0.39, 0.29) is 6.04 Å². The highest BCUT2D eigenvalue weighted by Crippen LogP contribution is 2.31. The van der Waals surface area contributed by atoms with Crippen LogP contribution in [0.15, 0.2) is 30.5 Å². The number of aryl methyl sites for hydroxylation is 2. The summed E-state index contributed by atoms with van der Waals surface area (Å²) in [7, 11) is 0. The number of nitrogens with zero attached hydrogens (tertiary/aromatic N) is 1. The van der Waals surface area contributed by atoms with Crippen LogP contribution in [0.2, 0.25) is 10.0 Å². The van der Waals surface area contributed by atoms with Gasteiger partial charge in [-0.25, -0.2) is 0 Å². The van der Waals surface area contributed by atoms with Gasteiger partial charge < -0.3 is 5.32 Å². The fourth-order valence-corrected chi connectivity index (χ4v) is 2.73. The van der Waals surface area contributed by atoms with Gasteiger partial charge in [0, 0.05) is 16.2 Å². The first-order chi connectivity index (χ1) is 9.52. The molecule has 0 saturated carbocycles. The van der Waals surface area contributed by atoms with Gasteiger partial charge >= 0.3 is 0 Å². The smallest absolute Gasteiger partial charge is 0.0769 e. The minimum Gasteiger partial charge on any atom is -0.305 e. The van der Waals surface area contributed by atoms with Gasteiger partial charge in [0.15, 0.2) is 0 Å². The minimum absolute atomic E-state index is 0.0493. The number of rotatable bonds is 4. The molecule has 1 aromatic heterocycles. The molecule has 4 heteroatoms. The Bertz CT molecular complexity index is 611. The van der Waals surface area contributed by atoms with Crippen LogP contribution in [0, 0.1) is 13.8 Å². The Hall–Kier alpha value is -1.09. The molecular formula is C16H18Cl2N2. The summed E-state index contributed by atoms with van der Waals surface area (Å²) in [5, 5.41) is 4.81. The molecule has 1 heterocycles. The van der Waals surface area contributed by atoms with E-state index in [0.29, 0.717) is 10.0 Å². The summed E-state index contributed by atoms with van der Waals surface area (Å²) in [4.78, 5) is 4.58. The third-order valence-electron chi connectivity index (χ3n) is 3.21. The lowest BCUT2D eigenvalue weighted by atomic mass is 9.99. The highest BCUT2D eigenvalue weighted by molar-refractivity contribution is 6.33. The minimum atomic E-state index is -0.0493. The van der Waals surface area contributed by atoms with Crippen LogP contribution in [0.25, 0.3) is 0 Å². The van der Waals surface area contributed by atoms with Gasteiger partial charge in [-0.15, -0.1) is 0 Å². The highest BCUT2D eigenvalue weighted by Gasteiger charge is 2.19. The highest BCUT2D eigenvalue weighted by atomic mass is 35.5. The van der Waals surface area contributed by atoms with Crippen molar-refractivity contribution in [2.75, 3.05) is 6.54 Å². The summed E-state index contributed by atoms with van der Waals surface area (Å²) in [6.07, 6.45) is 1.88. The second-order valence-electron chi connectivity index (χ2n) is 4.87. The molecule has 0 bridgehead atoms. The zero-order valence-corrected chi connectivity index (χ0v) is 13.4. The van der Waals surface area contributed by atoms with Crippen LogP contribution < -0.4 is 5.32 Å². The molecule has 20 heavy (non-hydrogen) atoms. The molecular weight excluding hydrogens is 291 g/mol. The van der Waals surface area contributed by atoms with E-state index in [9.17, 15) is 0 Å². The summed E-state index contributed by atoms with van der Waals surface area (Å²) in [6, 6.07) is 7.61. The third-order valence-corrected chi connectivity index (χ3v) is 3.79. The second-order valence-corrected chi connectivity index (χ2v) is 5.71. The summed E-state index contributed by atoms with van der Waals surface area (Å²) in [5.41, 5.74) is 4.24. The lowest BCUT2D eigenvalue weighted by molar-refractivity contribution is 0.612. The predicted octanol–water partition coefficient (Wildman–Crippen LogP) is 4.70. The molecule has 0 aliphatic rings. The molecule has 1 aromatic carbocycles. The fraction of sp³-hybridized carbons (Fsp3) is 0.312. The number of aromatic nitrogens is 1. The molecule has 2 aromatic rings. The van der Waals surface area contributed by atoms with Crippen molar-refractivity contribution in [3.8, 4) is 0 Å². The number of pyridine rings is 1. The van der Waals surface area contributed by atoms with Gasteiger partial charge in [0.1, 0.15) is 0 Å². The summed E-state index contributed by atoms with van der Waals surface area (Å²) < 4.78 is 0. The molecule has 1 N–H and O–H groups in total. The predicted molar refractivity (Wildman–Crippen MR) is 85.7 cm³/mol. The van der Waals surface area contributed by atoms with Gasteiger partial charge in [0.05, 0.1) is 11.7 Å². The quantitative estimate of drug-likeness (QED) is 0.885. The van der Waals surface area contributed by atoms with Crippen LogP contribution >= 0.6 is 23.2 Å². The normalized spacial score (nSPS) is 12.4. The number of nitrogens with one attached hydrogen (secondary N) is 1. The van der Waals surface area contributed by atoms with Crippen molar-refractivity contribution in [2.24, 2.45) is 0 Å². The van der Waals surface area contributed by atoms with Crippen LogP contribution in [-0.2, 0) is 0 Å². The molecule has 106 valence electrons. The Morgan fingerprint density at radius 1 is 1.20 bits per heavy atom. The molecule has 0 amide bonds. The zero-order valence-electron chi connectivity index (χ0n) is 11.9. The summed E-state index contributed by atoms with van der Waals surface area (Å²) in [6.45, 7) is 6.99. The van der Waals surface area contributed by atoms with Crippen LogP contribution in [-0.4, -0.2) is 11.5 Å². The van der Waals surface area contributed by atoms with Crippen molar-refractivity contribution in [2.45, 2.75) is 26.8 Å². The van der Waals surface area contributed by atoms with Crippen molar-refractivity contribution in [3.63, 3.8) is 0 Å². The van der Waals surface area contributed by atoms with Gasteiger partial charge in [0.25, 0.3) is 0 Å². The molecule has 0 radical (unpaired) electrons. The number of benzene rings is 1. The average Bonchev–Trinajstić information content (AvgIpc) is 2.40. The topological polar surface area (TPSA) is 24.9 Å². The molecule has 2 rings (SSSR count). The lowest BCUT2D eigenvalue weighted by Crippen LogP contribution is -2.24. The van der Waals surface area contributed by atoms with Crippen LogP contribution in [0.1, 0.15) is 35.3 Å². The van der Waals surface area contributed by atoms with Gasteiger partial charge in [-0.1, -0.05) is 36.2 Å². The maximum absolute atomic E-state index is 6.33. The Labute approximate surface area is 130 Å². The van der Waals surface area contributed by atoms with Crippen molar-refractivity contribution in [3.05, 3.63) is 62.9 Å².